The maximum absolute atomic E-state index is 11.5. The second kappa shape index (κ2) is 7.29. The van der Waals surface area contributed by atoms with Crippen LogP contribution in [0, 0.1) is 5.92 Å². The van der Waals surface area contributed by atoms with Crippen molar-refractivity contribution in [3.63, 3.8) is 0 Å². The lowest BCUT2D eigenvalue weighted by atomic mass is 9.95. The molecule has 0 bridgehead atoms. The molecule has 0 fully saturated rings. The van der Waals surface area contributed by atoms with E-state index in [1.807, 2.05) is 7.05 Å². The van der Waals surface area contributed by atoms with Gasteiger partial charge in [-0.05, 0) is 32.9 Å². The molecule has 0 spiro atoms. The van der Waals surface area contributed by atoms with Gasteiger partial charge in [-0.25, -0.2) is 0 Å². The summed E-state index contributed by atoms with van der Waals surface area (Å²) < 4.78 is 0. The van der Waals surface area contributed by atoms with Crippen LogP contribution in [0.15, 0.2) is 0 Å². The summed E-state index contributed by atoms with van der Waals surface area (Å²) in [4.78, 5) is 11.5. The third-order valence-corrected chi connectivity index (χ3v) is 2.29. The smallest absolute Gasteiger partial charge is 0.136 e. The molecule has 12 heavy (non-hydrogen) atoms. The lowest BCUT2D eigenvalue weighted by Crippen LogP contribution is -2.15. The van der Waals surface area contributed by atoms with Gasteiger partial charge in [0.25, 0.3) is 0 Å². The Morgan fingerprint density at radius 2 is 1.92 bits per heavy atom. The first-order chi connectivity index (χ1) is 5.76. The first kappa shape index (κ1) is 11.6. The molecule has 0 atom stereocenters. The number of rotatable bonds is 7. The molecule has 72 valence electrons. The van der Waals surface area contributed by atoms with Crippen molar-refractivity contribution >= 4 is 5.78 Å². The van der Waals surface area contributed by atoms with E-state index in [0.717, 1.165) is 32.2 Å². The Balaban J connectivity index is 3.54. The van der Waals surface area contributed by atoms with Crippen LogP contribution in [0.1, 0.15) is 39.5 Å². The Morgan fingerprint density at radius 3 is 2.33 bits per heavy atom. The van der Waals surface area contributed by atoms with Crippen molar-refractivity contribution in [3.05, 3.63) is 0 Å². The summed E-state index contributed by atoms with van der Waals surface area (Å²) in [7, 11) is 1.92. The van der Waals surface area contributed by atoms with E-state index in [0.29, 0.717) is 11.7 Å². The molecule has 0 aliphatic heterocycles. The van der Waals surface area contributed by atoms with Crippen LogP contribution in [0.2, 0.25) is 0 Å². The van der Waals surface area contributed by atoms with Crippen LogP contribution in [-0.4, -0.2) is 19.4 Å². The zero-order valence-electron chi connectivity index (χ0n) is 8.52. The number of ketones is 1. The van der Waals surface area contributed by atoms with Gasteiger partial charge in [0.15, 0.2) is 0 Å². The lowest BCUT2D eigenvalue weighted by molar-refractivity contribution is -0.123. The molecule has 0 amide bonds. The van der Waals surface area contributed by atoms with E-state index >= 15 is 0 Å². The van der Waals surface area contributed by atoms with Crippen LogP contribution in [0.5, 0.6) is 0 Å². The molecule has 2 heteroatoms. The van der Waals surface area contributed by atoms with Crippen molar-refractivity contribution in [1.29, 1.82) is 0 Å². The van der Waals surface area contributed by atoms with Crippen molar-refractivity contribution < 1.29 is 4.79 Å². The third-order valence-electron chi connectivity index (χ3n) is 2.29. The third kappa shape index (κ3) is 4.50. The highest BCUT2D eigenvalue weighted by Crippen LogP contribution is 2.11. The fraction of sp³-hybridized carbons (Fsp3) is 0.900. The minimum Gasteiger partial charge on any atom is -0.320 e. The van der Waals surface area contributed by atoms with E-state index in [1.54, 1.807) is 0 Å². The normalized spacial score (nSPS) is 10.7. The Bertz CT molecular complexity index is 119. The molecular formula is C10H21NO. The molecule has 0 aliphatic carbocycles. The molecular weight excluding hydrogens is 150 g/mol. The Kier molecular flexibility index (Phi) is 7.06. The summed E-state index contributed by atoms with van der Waals surface area (Å²) in [6.07, 6.45) is 3.71. The van der Waals surface area contributed by atoms with Gasteiger partial charge in [0.2, 0.25) is 0 Å². The van der Waals surface area contributed by atoms with Crippen molar-refractivity contribution in [2.75, 3.05) is 13.6 Å². The number of Topliss-reactive ketones (excluding diaryl/α,β-unsaturated/α-hetero) is 1. The minimum absolute atomic E-state index is 0.307. The molecule has 0 radical (unpaired) electrons. The van der Waals surface area contributed by atoms with Gasteiger partial charge in [-0.1, -0.05) is 13.8 Å². The molecule has 0 aliphatic rings. The van der Waals surface area contributed by atoms with Gasteiger partial charge in [-0.2, -0.15) is 0 Å². The quantitative estimate of drug-likeness (QED) is 0.593. The molecule has 1 N–H and O–H groups in total. The number of hydrogen-bond acceptors (Lipinski definition) is 2. The minimum atomic E-state index is 0.307. The predicted octanol–water partition coefficient (Wildman–Crippen LogP) is 1.99. The van der Waals surface area contributed by atoms with Crippen LogP contribution in [-0.2, 0) is 4.79 Å². The van der Waals surface area contributed by atoms with E-state index < -0.39 is 0 Å². The standard InChI is InChI=1S/C10H21NO/c1-4-9(5-2)10(12)7-6-8-11-3/h9,11H,4-8H2,1-3H3. The molecule has 0 aromatic rings. The highest BCUT2D eigenvalue weighted by atomic mass is 16.1. The summed E-state index contributed by atoms with van der Waals surface area (Å²) in [5.41, 5.74) is 0. The Hall–Kier alpha value is -0.370. The zero-order valence-corrected chi connectivity index (χ0v) is 8.52. The maximum Gasteiger partial charge on any atom is 0.136 e. The zero-order chi connectivity index (χ0) is 9.40. The van der Waals surface area contributed by atoms with Gasteiger partial charge in [0.1, 0.15) is 5.78 Å². The summed E-state index contributed by atoms with van der Waals surface area (Å²) in [6.45, 7) is 5.13. The SMILES string of the molecule is CCC(CC)C(=O)CCCNC. The van der Waals surface area contributed by atoms with Crippen molar-refractivity contribution in [2.24, 2.45) is 5.92 Å². The van der Waals surface area contributed by atoms with Crippen molar-refractivity contribution in [2.45, 2.75) is 39.5 Å². The van der Waals surface area contributed by atoms with E-state index in [-0.39, 0.29) is 0 Å². The van der Waals surface area contributed by atoms with Crippen LogP contribution in [0.25, 0.3) is 0 Å². The molecule has 0 unspecified atom stereocenters. The fourth-order valence-corrected chi connectivity index (χ4v) is 1.39. The first-order valence-corrected chi connectivity index (χ1v) is 4.93. The molecule has 2 nitrogen and oxygen atoms in total. The van der Waals surface area contributed by atoms with Gasteiger partial charge >= 0.3 is 0 Å². The summed E-state index contributed by atoms with van der Waals surface area (Å²) in [5, 5.41) is 3.05. The van der Waals surface area contributed by atoms with E-state index in [9.17, 15) is 4.79 Å². The van der Waals surface area contributed by atoms with Gasteiger partial charge in [0.05, 0.1) is 0 Å². The molecule has 0 heterocycles. The monoisotopic (exact) mass is 171 g/mol. The maximum atomic E-state index is 11.5. The van der Waals surface area contributed by atoms with Gasteiger partial charge in [-0.15, -0.1) is 0 Å². The van der Waals surface area contributed by atoms with Crippen molar-refractivity contribution in [3.8, 4) is 0 Å². The predicted molar refractivity (Wildman–Crippen MR) is 52.2 cm³/mol. The van der Waals surface area contributed by atoms with E-state index in [2.05, 4.69) is 19.2 Å². The molecule has 0 saturated carbocycles. The highest BCUT2D eigenvalue weighted by molar-refractivity contribution is 5.80. The van der Waals surface area contributed by atoms with Crippen LogP contribution >= 0.6 is 0 Å². The topological polar surface area (TPSA) is 29.1 Å². The van der Waals surface area contributed by atoms with Gasteiger partial charge < -0.3 is 5.32 Å². The Labute approximate surface area is 75.7 Å². The van der Waals surface area contributed by atoms with Crippen LogP contribution in [0.3, 0.4) is 0 Å². The van der Waals surface area contributed by atoms with Crippen LogP contribution in [0.4, 0.5) is 0 Å². The number of carbonyl (C=O) groups excluding carboxylic acids is 1. The number of carbonyl (C=O) groups is 1. The summed E-state index contributed by atoms with van der Waals surface area (Å²) in [5.74, 6) is 0.747. The van der Waals surface area contributed by atoms with E-state index in [4.69, 9.17) is 0 Å². The highest BCUT2D eigenvalue weighted by Gasteiger charge is 2.12. The van der Waals surface area contributed by atoms with Gasteiger partial charge in [0, 0.05) is 12.3 Å². The lowest BCUT2D eigenvalue weighted by Gasteiger charge is -2.10. The number of hydrogen-bond donors (Lipinski definition) is 1. The first-order valence-electron chi connectivity index (χ1n) is 4.93. The number of nitrogens with one attached hydrogen (secondary N) is 1. The van der Waals surface area contributed by atoms with E-state index in [1.165, 1.54) is 0 Å². The second-order valence-corrected chi connectivity index (χ2v) is 3.19. The molecule has 0 saturated heterocycles. The average Bonchev–Trinajstić information content (AvgIpc) is 2.07. The Morgan fingerprint density at radius 1 is 1.33 bits per heavy atom. The fourth-order valence-electron chi connectivity index (χ4n) is 1.39. The largest absolute Gasteiger partial charge is 0.320 e. The molecule has 0 rings (SSSR count). The second-order valence-electron chi connectivity index (χ2n) is 3.19. The summed E-state index contributed by atoms with van der Waals surface area (Å²) >= 11 is 0. The molecule has 0 aromatic carbocycles. The summed E-state index contributed by atoms with van der Waals surface area (Å²) in [6, 6.07) is 0. The van der Waals surface area contributed by atoms with Crippen LogP contribution < -0.4 is 5.32 Å². The molecule has 0 aromatic heterocycles. The average molecular weight is 171 g/mol. The van der Waals surface area contributed by atoms with Gasteiger partial charge in [-0.3, -0.25) is 4.79 Å². The van der Waals surface area contributed by atoms with Crippen molar-refractivity contribution in [1.82, 2.24) is 5.32 Å².